The van der Waals surface area contributed by atoms with Crippen LogP contribution in [-0.2, 0) is 59.6 Å². The van der Waals surface area contributed by atoms with Gasteiger partial charge in [0.1, 0.15) is 11.9 Å². The van der Waals surface area contributed by atoms with Gasteiger partial charge in [0.25, 0.3) is 0 Å². The molecule has 0 amide bonds. The van der Waals surface area contributed by atoms with Crippen LogP contribution in [0.2, 0.25) is 0 Å². The van der Waals surface area contributed by atoms with Gasteiger partial charge in [0.05, 0.1) is 31.0 Å². The molecule has 266 valence electrons. The van der Waals surface area contributed by atoms with Crippen molar-refractivity contribution in [3.8, 4) is 11.5 Å². The van der Waals surface area contributed by atoms with E-state index < -0.39 is 90.2 Å². The number of piperidine rings is 1. The third-order valence-electron chi connectivity index (χ3n) is 9.52. The average molecular weight is 692 g/mol. The fourth-order valence-electron chi connectivity index (χ4n) is 7.20. The molecule has 4 N–H and O–H groups in total. The lowest BCUT2D eigenvalue weighted by atomic mass is 9.50. The van der Waals surface area contributed by atoms with Crippen LogP contribution in [0.5, 0.6) is 11.5 Å². The van der Waals surface area contributed by atoms with Crippen LogP contribution in [-0.4, -0.2) is 124 Å². The summed E-state index contributed by atoms with van der Waals surface area (Å²) in [5.41, 5.74) is -0.552. The predicted octanol–water partition coefficient (Wildman–Crippen LogP) is -0.398. The van der Waals surface area contributed by atoms with E-state index in [2.05, 4.69) is 9.64 Å². The number of likely N-dealkylation sites (N-methyl/N-ethyl adjacent to an activating group) is 1. The highest BCUT2D eigenvalue weighted by Gasteiger charge is 2.72. The number of aliphatic hydroxyl groups is 2. The Morgan fingerprint density at radius 1 is 1.00 bits per heavy atom. The second kappa shape index (κ2) is 13.3. The first-order chi connectivity index (χ1) is 23.0. The van der Waals surface area contributed by atoms with Crippen LogP contribution in [0.4, 0.5) is 0 Å². The van der Waals surface area contributed by atoms with E-state index in [9.17, 15) is 39.0 Å². The third-order valence-corrected chi connectivity index (χ3v) is 9.52. The van der Waals surface area contributed by atoms with E-state index in [1.165, 1.54) is 7.11 Å². The largest absolute Gasteiger partial charge is 0.493 e. The summed E-state index contributed by atoms with van der Waals surface area (Å²) in [4.78, 5) is 75.3. The van der Waals surface area contributed by atoms with Crippen molar-refractivity contribution in [1.82, 2.24) is 4.90 Å². The maximum absolute atomic E-state index is 13.4. The number of benzene rings is 1. The number of aliphatic carboxylic acids is 2. The maximum Gasteiger partial charge on any atom is 0.348 e. The number of hydrogen-bond donors (Lipinski definition) is 4. The summed E-state index contributed by atoms with van der Waals surface area (Å²) in [5.74, 6) is -7.71. The van der Waals surface area contributed by atoms with Crippen molar-refractivity contribution in [3.63, 3.8) is 0 Å². The molecule has 0 aromatic heterocycles. The van der Waals surface area contributed by atoms with E-state index in [1.54, 1.807) is 12.1 Å². The standard InChI is InChI=1S/C32H37NO16/c1-14(34)28(40)48-20(30(42)45-15(2)29(41)47-19(27(38)39)12-22(35)36)13-23(37)46-18-7-8-32(43)21-11-16-5-6-17(44-4)25-24(16)31(32,26(18)49-25)9-10-33(21)3/h5-7,14-15,19-21,26,34,43H,8-13H2,1-4H3,(H,35,36)(H,38,39)/t14-,15-,19-,20-,21-,26+,31+,32-/m0/s1. The Bertz CT molecular complexity index is 1600. The molecule has 4 aliphatic rings. The molecule has 0 radical (unpaired) electrons. The molecule has 2 bridgehead atoms. The van der Waals surface area contributed by atoms with Crippen LogP contribution in [0.25, 0.3) is 0 Å². The number of carboxylic acids is 2. The first kappa shape index (κ1) is 35.6. The maximum atomic E-state index is 13.4. The molecule has 49 heavy (non-hydrogen) atoms. The quantitative estimate of drug-likeness (QED) is 0.152. The summed E-state index contributed by atoms with van der Waals surface area (Å²) in [5, 5.41) is 40.0. The molecule has 0 unspecified atom stereocenters. The van der Waals surface area contributed by atoms with Crippen molar-refractivity contribution in [1.29, 1.82) is 0 Å². The van der Waals surface area contributed by atoms with Crippen molar-refractivity contribution in [3.05, 3.63) is 35.1 Å². The van der Waals surface area contributed by atoms with Crippen LogP contribution in [0.15, 0.2) is 24.0 Å². The molecule has 2 aliphatic heterocycles. The van der Waals surface area contributed by atoms with E-state index in [-0.39, 0.29) is 18.2 Å². The Balaban J connectivity index is 1.35. The lowest BCUT2D eigenvalue weighted by Gasteiger charge is -2.61. The SMILES string of the molecule is COc1ccc2c3c1O[C@@H]1C(OC(=O)C[C@H](OC(=O)[C@H](C)O)C(=O)O[C@@H](C)C(=O)O[C@@H](CC(=O)O)C(=O)O)=CC[C@]4(O)[C@H](C2)N(C)CC[C@@]314. The Morgan fingerprint density at radius 2 is 1.69 bits per heavy atom. The highest BCUT2D eigenvalue weighted by atomic mass is 16.6. The lowest BCUT2D eigenvalue weighted by molar-refractivity contribution is -0.186. The lowest BCUT2D eigenvalue weighted by Crippen LogP contribution is -2.74. The normalized spacial score (nSPS) is 27.1. The Hall–Kier alpha value is -4.74. The number of carbonyl (C=O) groups excluding carboxylic acids is 4. The summed E-state index contributed by atoms with van der Waals surface area (Å²) >= 11 is 0. The molecule has 17 heteroatoms. The molecule has 5 rings (SSSR count). The van der Waals surface area contributed by atoms with Gasteiger partial charge in [-0.05, 0) is 58.0 Å². The molecule has 2 heterocycles. The van der Waals surface area contributed by atoms with Gasteiger partial charge in [-0.2, -0.15) is 0 Å². The van der Waals surface area contributed by atoms with Crippen LogP contribution < -0.4 is 9.47 Å². The fourth-order valence-corrected chi connectivity index (χ4v) is 7.20. The first-order valence-electron chi connectivity index (χ1n) is 15.5. The minimum absolute atomic E-state index is 0.0492. The zero-order valence-electron chi connectivity index (χ0n) is 27.1. The van der Waals surface area contributed by atoms with Gasteiger partial charge in [0, 0.05) is 18.0 Å². The molecule has 1 spiro atoms. The zero-order chi connectivity index (χ0) is 36.0. The second-order valence-corrected chi connectivity index (χ2v) is 12.5. The number of methoxy groups -OCH3 is 1. The summed E-state index contributed by atoms with van der Waals surface area (Å²) in [6.07, 6.45) is -8.04. The summed E-state index contributed by atoms with van der Waals surface area (Å²) in [7, 11) is 3.42. The number of carbonyl (C=O) groups is 6. The van der Waals surface area contributed by atoms with Gasteiger partial charge in [0.15, 0.2) is 23.7 Å². The molecular weight excluding hydrogens is 654 g/mol. The number of nitrogens with zero attached hydrogens (tertiary/aromatic N) is 1. The van der Waals surface area contributed by atoms with Gasteiger partial charge < -0.3 is 53.7 Å². The molecule has 1 aromatic rings. The van der Waals surface area contributed by atoms with Crippen molar-refractivity contribution in [2.24, 2.45) is 0 Å². The second-order valence-electron chi connectivity index (χ2n) is 12.5. The number of hydrogen-bond acceptors (Lipinski definition) is 15. The van der Waals surface area contributed by atoms with Crippen molar-refractivity contribution in [2.45, 2.75) is 93.5 Å². The van der Waals surface area contributed by atoms with Crippen LogP contribution >= 0.6 is 0 Å². The predicted molar refractivity (Wildman–Crippen MR) is 159 cm³/mol. The third kappa shape index (κ3) is 6.17. The van der Waals surface area contributed by atoms with Crippen molar-refractivity contribution >= 4 is 35.8 Å². The Labute approximate surface area is 279 Å². The number of ether oxygens (including phenoxy) is 6. The highest BCUT2D eigenvalue weighted by Crippen LogP contribution is 2.65. The summed E-state index contributed by atoms with van der Waals surface area (Å²) in [6, 6.07) is 3.43. The van der Waals surface area contributed by atoms with Gasteiger partial charge in [-0.1, -0.05) is 6.07 Å². The fraction of sp³-hybridized carbons (Fsp3) is 0.562. The molecular formula is C32H37NO16. The van der Waals surface area contributed by atoms with E-state index in [4.69, 9.17) is 33.9 Å². The summed E-state index contributed by atoms with van der Waals surface area (Å²) < 4.78 is 32.3. The van der Waals surface area contributed by atoms with Crippen LogP contribution in [0, 0.1) is 0 Å². The summed E-state index contributed by atoms with van der Waals surface area (Å²) in [6.45, 7) is 2.63. The van der Waals surface area contributed by atoms with Gasteiger partial charge in [-0.3, -0.25) is 9.59 Å². The van der Waals surface area contributed by atoms with E-state index >= 15 is 0 Å². The van der Waals surface area contributed by atoms with Crippen LogP contribution in [0.3, 0.4) is 0 Å². The van der Waals surface area contributed by atoms with Crippen molar-refractivity contribution < 1.29 is 77.6 Å². The minimum Gasteiger partial charge on any atom is -0.493 e. The van der Waals surface area contributed by atoms with E-state index in [0.29, 0.717) is 30.9 Å². The number of esters is 4. The molecule has 1 fully saturated rings. The smallest absolute Gasteiger partial charge is 0.348 e. The number of likely N-dealkylation sites (tertiary alicyclic amines) is 1. The zero-order valence-corrected chi connectivity index (χ0v) is 27.1. The van der Waals surface area contributed by atoms with Gasteiger partial charge in [0.2, 0.25) is 12.2 Å². The number of aliphatic hydroxyl groups excluding tert-OH is 1. The Kier molecular flexibility index (Phi) is 9.64. The van der Waals surface area contributed by atoms with Gasteiger partial charge in [-0.15, -0.1) is 0 Å². The topological polar surface area (TPSA) is 242 Å². The highest BCUT2D eigenvalue weighted by molar-refractivity contribution is 5.88. The van der Waals surface area contributed by atoms with Crippen LogP contribution in [0.1, 0.15) is 50.7 Å². The number of carboxylic acid groups (broad SMARTS) is 2. The molecule has 2 aliphatic carbocycles. The Morgan fingerprint density at radius 3 is 2.33 bits per heavy atom. The molecule has 0 saturated carbocycles. The molecule has 1 aromatic carbocycles. The monoisotopic (exact) mass is 691 g/mol. The van der Waals surface area contributed by atoms with Gasteiger partial charge >= 0.3 is 35.8 Å². The van der Waals surface area contributed by atoms with Gasteiger partial charge in [-0.25, -0.2) is 19.2 Å². The number of rotatable bonds is 13. The molecule has 1 saturated heterocycles. The van der Waals surface area contributed by atoms with E-state index in [1.807, 2.05) is 13.1 Å². The molecule has 8 atom stereocenters. The van der Waals surface area contributed by atoms with Crippen molar-refractivity contribution in [2.75, 3.05) is 20.7 Å². The molecule has 17 nitrogen and oxygen atoms in total. The average Bonchev–Trinajstić information content (AvgIpc) is 3.39. The minimum atomic E-state index is -2.09. The van der Waals surface area contributed by atoms with E-state index in [0.717, 1.165) is 25.0 Å². The first-order valence-corrected chi connectivity index (χ1v) is 15.5.